The molecule has 0 radical (unpaired) electrons. The molecule has 5 aliphatic rings. The van der Waals surface area contributed by atoms with Crippen LogP contribution in [-0.4, -0.2) is 116 Å². The molecule has 23 heteroatoms. The van der Waals surface area contributed by atoms with Crippen molar-refractivity contribution in [2.75, 3.05) is 0 Å². The SMILES string of the molecule is Oc1ccc([C@H]2Oc3cc(O)cc(O)c3[C@@H](c3c(O)cc(O)c4c3O[C@@]3(c5ccc(O)c(O)c5)Oc5cc(O)c6c(c5[C@@H]4[C@H]3O)O[C@H](c3ccc(O)c(O)c3)[C@H](O)[C@@H]6c3c(O)cc(O)c4c3O[C@@H](c3ccc(O)c(O)c3)[C@@H](O)C4)[C@H]2O)cc1. The third-order valence-corrected chi connectivity index (χ3v) is 16.2. The Kier molecular flexibility index (Phi) is 11.6. The third-order valence-electron chi connectivity index (χ3n) is 16.2. The maximum absolute atomic E-state index is 13.2. The van der Waals surface area contributed by atoms with E-state index in [-0.39, 0.29) is 73.7 Å². The summed E-state index contributed by atoms with van der Waals surface area (Å²) in [5.74, 6) is -18.7. The molecule has 18 N–H and O–H groups in total. The van der Waals surface area contributed by atoms with Crippen LogP contribution < -0.4 is 23.7 Å². The first-order valence-corrected chi connectivity index (χ1v) is 25.6. The van der Waals surface area contributed by atoms with Crippen molar-refractivity contribution in [3.63, 3.8) is 0 Å². The van der Waals surface area contributed by atoms with Crippen molar-refractivity contribution >= 4 is 0 Å². The number of aliphatic hydroxyl groups excluding tert-OH is 4. The lowest BCUT2D eigenvalue weighted by atomic mass is 9.70. The van der Waals surface area contributed by atoms with E-state index >= 15 is 0 Å². The molecule has 0 amide bonds. The summed E-state index contributed by atoms with van der Waals surface area (Å²) >= 11 is 0. The highest BCUT2D eigenvalue weighted by Crippen LogP contribution is 2.68. The van der Waals surface area contributed by atoms with Gasteiger partial charge in [0.05, 0.1) is 23.9 Å². The number of aromatic hydroxyl groups is 14. The van der Waals surface area contributed by atoms with Crippen LogP contribution in [0.4, 0.5) is 0 Å². The van der Waals surface area contributed by atoms with E-state index < -0.39 is 169 Å². The van der Waals surface area contributed by atoms with Crippen LogP contribution in [-0.2, 0) is 12.2 Å². The van der Waals surface area contributed by atoms with E-state index in [1.165, 1.54) is 42.5 Å². The summed E-state index contributed by atoms with van der Waals surface area (Å²) < 4.78 is 33.0. The van der Waals surface area contributed by atoms with Crippen molar-refractivity contribution in [1.82, 2.24) is 0 Å². The van der Waals surface area contributed by atoms with E-state index in [1.54, 1.807) is 0 Å². The van der Waals surface area contributed by atoms with Gasteiger partial charge in [-0.05, 0) is 71.3 Å². The maximum atomic E-state index is 13.2. The number of fused-ring (bicyclic) bond motifs is 10. The molecular weight excluding hydrogens is 1090 g/mol. The number of hydrogen-bond acceptors (Lipinski definition) is 23. The van der Waals surface area contributed by atoms with Crippen LogP contribution in [0.1, 0.15) is 97.3 Å². The molecule has 0 fully saturated rings. The molecule has 8 aromatic rings. The lowest BCUT2D eigenvalue weighted by molar-refractivity contribution is -0.219. The molecule has 13 rings (SSSR count). The predicted octanol–water partition coefficient (Wildman–Crippen LogP) is 5.99. The minimum Gasteiger partial charge on any atom is -0.508 e. The first kappa shape index (κ1) is 52.2. The zero-order valence-corrected chi connectivity index (χ0v) is 42.5. The van der Waals surface area contributed by atoms with Gasteiger partial charge in [-0.3, -0.25) is 0 Å². The van der Waals surface area contributed by atoms with Crippen LogP contribution in [0.5, 0.6) is 109 Å². The van der Waals surface area contributed by atoms with Crippen molar-refractivity contribution < 1.29 is 116 Å². The van der Waals surface area contributed by atoms with Gasteiger partial charge in [-0.15, -0.1) is 0 Å². The van der Waals surface area contributed by atoms with E-state index in [4.69, 9.17) is 23.7 Å². The number of aliphatic hydroxyl groups is 4. The Morgan fingerprint density at radius 3 is 1.46 bits per heavy atom. The van der Waals surface area contributed by atoms with Gasteiger partial charge in [0.2, 0.25) is 0 Å². The summed E-state index contributed by atoms with van der Waals surface area (Å²) in [4.78, 5) is 0. The van der Waals surface area contributed by atoms with Gasteiger partial charge in [-0.2, -0.15) is 0 Å². The molecule has 23 nitrogen and oxygen atoms in total. The fraction of sp³-hybridized carbons (Fsp3) is 0.200. The van der Waals surface area contributed by atoms with Crippen LogP contribution in [0.2, 0.25) is 0 Å². The van der Waals surface area contributed by atoms with E-state index in [9.17, 15) is 91.9 Å². The fourth-order valence-electron chi connectivity index (χ4n) is 12.5. The third kappa shape index (κ3) is 7.72. The first-order chi connectivity index (χ1) is 39.5. The van der Waals surface area contributed by atoms with Crippen molar-refractivity contribution in [2.24, 2.45) is 0 Å². The summed E-state index contributed by atoms with van der Waals surface area (Å²) in [6.45, 7) is 0. The van der Waals surface area contributed by atoms with Gasteiger partial charge in [0, 0.05) is 81.3 Å². The molecular formula is C60H48O23. The molecule has 426 valence electrons. The molecule has 5 heterocycles. The smallest absolute Gasteiger partial charge is 0.305 e. The average molecular weight is 1140 g/mol. The highest BCUT2D eigenvalue weighted by molar-refractivity contribution is 5.74. The van der Waals surface area contributed by atoms with Gasteiger partial charge >= 0.3 is 5.79 Å². The molecule has 8 aromatic carbocycles. The molecule has 2 bridgehead atoms. The second-order valence-electron chi connectivity index (χ2n) is 21.0. The monoisotopic (exact) mass is 1140 g/mol. The van der Waals surface area contributed by atoms with Crippen LogP contribution in [0, 0.1) is 0 Å². The summed E-state index contributed by atoms with van der Waals surface area (Å²) in [6.07, 6.45) is -12.4. The minimum absolute atomic E-state index is 0.0590. The highest BCUT2D eigenvalue weighted by Gasteiger charge is 2.62. The zero-order valence-electron chi connectivity index (χ0n) is 42.5. The Balaban J connectivity index is 1.09. The van der Waals surface area contributed by atoms with Crippen LogP contribution in [0.15, 0.2) is 109 Å². The topological polar surface area (TPSA) is 410 Å². The van der Waals surface area contributed by atoms with E-state index in [2.05, 4.69) is 0 Å². The number of phenolic OH excluding ortho intramolecular Hbond substituents is 14. The van der Waals surface area contributed by atoms with Crippen LogP contribution in [0.25, 0.3) is 0 Å². The van der Waals surface area contributed by atoms with Crippen LogP contribution in [0.3, 0.4) is 0 Å². The number of benzene rings is 8. The lowest BCUT2D eigenvalue weighted by Gasteiger charge is -2.52. The Morgan fingerprint density at radius 1 is 0.337 bits per heavy atom. The second-order valence-corrected chi connectivity index (χ2v) is 21.0. The summed E-state index contributed by atoms with van der Waals surface area (Å²) in [6, 6.07) is 20.5. The Morgan fingerprint density at radius 2 is 0.831 bits per heavy atom. The summed E-state index contributed by atoms with van der Waals surface area (Å²) in [5, 5.41) is 207. The van der Waals surface area contributed by atoms with Gasteiger partial charge in [0.25, 0.3) is 0 Å². The number of rotatable bonds is 6. The fourth-order valence-corrected chi connectivity index (χ4v) is 12.5. The number of phenols is 14. The molecule has 83 heavy (non-hydrogen) atoms. The number of ether oxygens (including phenoxy) is 5. The molecule has 0 aromatic heterocycles. The predicted molar refractivity (Wildman–Crippen MR) is 281 cm³/mol. The van der Waals surface area contributed by atoms with Gasteiger partial charge in [-0.1, -0.05) is 24.3 Å². The Labute approximate surface area is 466 Å². The van der Waals surface area contributed by atoms with Gasteiger partial charge in [0.1, 0.15) is 99.2 Å². The van der Waals surface area contributed by atoms with Crippen molar-refractivity contribution in [3.05, 3.63) is 170 Å². The van der Waals surface area contributed by atoms with Crippen LogP contribution >= 0.6 is 0 Å². The molecule has 0 unspecified atom stereocenters. The molecule has 0 saturated carbocycles. The normalized spacial score (nSPS) is 25.3. The van der Waals surface area contributed by atoms with E-state index in [1.807, 2.05) is 0 Å². The quantitative estimate of drug-likeness (QED) is 0.0850. The van der Waals surface area contributed by atoms with Gasteiger partial charge in [0.15, 0.2) is 46.7 Å². The second kappa shape index (κ2) is 18.4. The largest absolute Gasteiger partial charge is 0.508 e. The van der Waals surface area contributed by atoms with E-state index in [0.717, 1.165) is 66.7 Å². The maximum Gasteiger partial charge on any atom is 0.305 e. The standard InChI is InChI=1S/C60H48O23/c61-24-6-1-20(2-7-24)54-51(76)48(42-34(70)14-25(62)15-40(42)79-54)45-36(72)18-37(73)46-50-47-41(82-60(59(50)78,83-58(45)46)23-5-10-29(65)33(69)13-23)19-38(74)44-49(52(77)55(81-57(44)47)22-4-9-28(64)32(68)12-22)43-35(71)17-30(66)26-16-39(75)53(80-56(26)43)21-3-8-27(63)31(67)11-21/h1-15,17-19,39,48-55,59,61-78H,16H2/t39-,48-,49+,50+,51+,52+,53-,54+,55+,59+,60+/m0/s1. The Bertz CT molecular complexity index is 4030. The Hall–Kier alpha value is -10.2. The van der Waals surface area contributed by atoms with Gasteiger partial charge in [-0.25, -0.2) is 0 Å². The van der Waals surface area contributed by atoms with Crippen molar-refractivity contribution in [2.45, 2.75) is 72.7 Å². The molecule has 5 aliphatic heterocycles. The molecule has 11 atom stereocenters. The summed E-state index contributed by atoms with van der Waals surface area (Å²) in [5.41, 5.74) is -2.11. The lowest BCUT2D eigenvalue weighted by Crippen LogP contribution is -2.58. The number of hydrogen-bond donors (Lipinski definition) is 18. The minimum atomic E-state index is -2.69. The zero-order chi connectivity index (χ0) is 58.6. The van der Waals surface area contributed by atoms with Crippen molar-refractivity contribution in [1.29, 1.82) is 0 Å². The molecule has 0 saturated heterocycles. The van der Waals surface area contributed by atoms with Crippen molar-refractivity contribution in [3.8, 4) is 109 Å². The first-order valence-electron chi connectivity index (χ1n) is 25.6. The average Bonchev–Trinajstić information content (AvgIpc) is 1.53. The highest BCUT2D eigenvalue weighted by atomic mass is 16.7. The summed E-state index contributed by atoms with van der Waals surface area (Å²) in [7, 11) is 0. The molecule has 0 spiro atoms. The van der Waals surface area contributed by atoms with Gasteiger partial charge < -0.3 is 116 Å². The molecule has 0 aliphatic carbocycles. The van der Waals surface area contributed by atoms with E-state index in [0.29, 0.717) is 0 Å².